The van der Waals surface area contributed by atoms with Crippen molar-refractivity contribution in [2.45, 2.75) is 5.51 Å². The van der Waals surface area contributed by atoms with Gasteiger partial charge in [0.15, 0.2) is 0 Å². The Balaban J connectivity index is 3.05. The Morgan fingerprint density at radius 3 is 2.32 bits per heavy atom. The Labute approximate surface area is 104 Å². The van der Waals surface area contributed by atoms with Crippen LogP contribution in [0.2, 0.25) is 0 Å². The minimum absolute atomic E-state index is 0.435. The van der Waals surface area contributed by atoms with Crippen LogP contribution in [0, 0.1) is 17.1 Å². The number of nitrogens with one attached hydrogen (secondary N) is 1. The molecule has 1 rings (SSSR count). The number of halogens is 4. The van der Waals surface area contributed by atoms with Gasteiger partial charge in [0.25, 0.3) is 5.91 Å². The van der Waals surface area contributed by atoms with Crippen molar-refractivity contribution in [1.82, 2.24) is 4.72 Å². The molecule has 0 heterocycles. The molecule has 0 aliphatic rings. The highest BCUT2D eigenvalue weighted by molar-refractivity contribution is 7.90. The van der Waals surface area contributed by atoms with Crippen LogP contribution in [0.1, 0.15) is 15.9 Å². The lowest BCUT2D eigenvalue weighted by atomic mass is 10.1. The van der Waals surface area contributed by atoms with E-state index in [1.807, 2.05) is 0 Å². The maximum absolute atomic E-state index is 13.1. The molecule has 0 radical (unpaired) electrons. The number of hydrogen-bond acceptors (Lipinski definition) is 4. The van der Waals surface area contributed by atoms with Crippen molar-refractivity contribution >= 4 is 15.9 Å². The van der Waals surface area contributed by atoms with E-state index >= 15 is 0 Å². The third-order valence-corrected chi connectivity index (χ3v) is 2.95. The summed E-state index contributed by atoms with van der Waals surface area (Å²) >= 11 is 0. The number of benzene rings is 1. The van der Waals surface area contributed by atoms with Crippen LogP contribution >= 0.6 is 0 Å². The van der Waals surface area contributed by atoms with Crippen molar-refractivity contribution in [3.8, 4) is 6.07 Å². The number of carbonyl (C=O) groups is 1. The van der Waals surface area contributed by atoms with E-state index in [-0.39, 0.29) is 0 Å². The van der Waals surface area contributed by atoms with Crippen LogP contribution in [0.15, 0.2) is 18.2 Å². The second kappa shape index (κ2) is 4.85. The summed E-state index contributed by atoms with van der Waals surface area (Å²) in [5.74, 6) is -2.81. The molecule has 1 aromatic carbocycles. The fourth-order valence-corrected chi connectivity index (χ4v) is 1.46. The smallest absolute Gasteiger partial charge is 0.268 e. The maximum atomic E-state index is 13.1. The van der Waals surface area contributed by atoms with Crippen molar-refractivity contribution in [3.05, 3.63) is 35.1 Å². The zero-order chi connectivity index (χ0) is 14.8. The van der Waals surface area contributed by atoms with Crippen LogP contribution in [0.3, 0.4) is 0 Å². The summed E-state index contributed by atoms with van der Waals surface area (Å²) in [4.78, 5) is 11.2. The van der Waals surface area contributed by atoms with Gasteiger partial charge in [-0.25, -0.2) is 9.11 Å². The first-order chi connectivity index (χ1) is 8.58. The number of nitrogens with zero attached hydrogens (tertiary/aromatic N) is 1. The van der Waals surface area contributed by atoms with Gasteiger partial charge in [-0.15, -0.1) is 0 Å². The quantitative estimate of drug-likeness (QED) is 0.833. The Morgan fingerprint density at radius 2 is 1.89 bits per heavy atom. The summed E-state index contributed by atoms with van der Waals surface area (Å²) in [6, 6.07) is 3.55. The lowest BCUT2D eigenvalue weighted by Gasteiger charge is -2.09. The Kier molecular flexibility index (Phi) is 3.80. The molecule has 0 unspecified atom stereocenters. The van der Waals surface area contributed by atoms with Gasteiger partial charge in [-0.05, 0) is 18.2 Å². The van der Waals surface area contributed by atoms with Gasteiger partial charge >= 0.3 is 15.5 Å². The second-order valence-corrected chi connectivity index (χ2v) is 4.86. The molecule has 0 aliphatic carbocycles. The summed E-state index contributed by atoms with van der Waals surface area (Å²) in [7, 11) is -5.86. The van der Waals surface area contributed by atoms with Crippen LogP contribution in [0.4, 0.5) is 17.6 Å². The number of alkyl halides is 3. The van der Waals surface area contributed by atoms with Gasteiger partial charge in [-0.1, -0.05) is 0 Å². The van der Waals surface area contributed by atoms with Gasteiger partial charge in [-0.3, -0.25) is 4.79 Å². The SMILES string of the molecule is N#Cc1ccc(C(=O)NS(=O)(=O)C(F)(F)F)cc1F. The molecule has 0 spiro atoms. The second-order valence-electron chi connectivity index (χ2n) is 3.19. The summed E-state index contributed by atoms with van der Waals surface area (Å²) in [5.41, 5.74) is -6.76. The Hall–Kier alpha value is -2.15. The molecule has 0 bridgehead atoms. The predicted octanol–water partition coefficient (Wildman–Crippen LogP) is 1.28. The van der Waals surface area contributed by atoms with E-state index in [1.165, 1.54) is 6.07 Å². The number of nitriles is 1. The molecule has 5 nitrogen and oxygen atoms in total. The third kappa shape index (κ3) is 3.19. The average molecular weight is 296 g/mol. The van der Waals surface area contributed by atoms with E-state index in [0.29, 0.717) is 6.07 Å². The number of hydrogen-bond donors (Lipinski definition) is 1. The first-order valence-electron chi connectivity index (χ1n) is 4.41. The highest BCUT2D eigenvalue weighted by Crippen LogP contribution is 2.22. The van der Waals surface area contributed by atoms with Crippen molar-refractivity contribution in [2.24, 2.45) is 0 Å². The summed E-state index contributed by atoms with van der Waals surface area (Å²) in [6.45, 7) is 0. The van der Waals surface area contributed by atoms with Gasteiger partial charge < -0.3 is 0 Å². The Bertz CT molecular complexity index is 661. The average Bonchev–Trinajstić information content (AvgIpc) is 2.26. The summed E-state index contributed by atoms with van der Waals surface area (Å²) < 4.78 is 71.1. The molecule has 0 saturated carbocycles. The van der Waals surface area contributed by atoms with Gasteiger partial charge in [0.05, 0.1) is 5.56 Å². The molecular weight excluding hydrogens is 292 g/mol. The van der Waals surface area contributed by atoms with Crippen molar-refractivity contribution in [3.63, 3.8) is 0 Å². The van der Waals surface area contributed by atoms with Crippen LogP contribution < -0.4 is 4.72 Å². The normalized spacial score (nSPS) is 11.7. The number of sulfonamides is 1. The molecule has 1 N–H and O–H groups in total. The molecule has 10 heteroatoms. The Morgan fingerprint density at radius 1 is 1.32 bits per heavy atom. The molecular formula is C9H4F4N2O3S. The van der Waals surface area contributed by atoms with Crippen LogP contribution in [0.5, 0.6) is 0 Å². The van der Waals surface area contributed by atoms with Crippen molar-refractivity contribution in [1.29, 1.82) is 5.26 Å². The molecule has 1 amide bonds. The molecule has 1 aromatic rings. The standard InChI is InChI=1S/C9H4F4N2O3S/c10-7-3-5(1-2-6(7)4-14)8(16)15-19(17,18)9(11,12)13/h1-3H,(H,15,16). The largest absolute Gasteiger partial charge is 0.516 e. The fourth-order valence-electron chi connectivity index (χ4n) is 0.986. The van der Waals surface area contributed by atoms with E-state index in [1.54, 1.807) is 0 Å². The number of carbonyl (C=O) groups excluding carboxylic acids is 1. The summed E-state index contributed by atoms with van der Waals surface area (Å²) in [5, 5.41) is 8.41. The molecule has 0 saturated heterocycles. The molecule has 0 aliphatic heterocycles. The topological polar surface area (TPSA) is 87.0 Å². The highest BCUT2D eigenvalue weighted by Gasteiger charge is 2.47. The van der Waals surface area contributed by atoms with E-state index in [4.69, 9.17) is 5.26 Å². The molecule has 19 heavy (non-hydrogen) atoms. The first kappa shape index (κ1) is 14.9. The van der Waals surface area contributed by atoms with E-state index < -0.39 is 38.4 Å². The van der Waals surface area contributed by atoms with E-state index in [0.717, 1.165) is 16.9 Å². The minimum atomic E-state index is -5.86. The van der Waals surface area contributed by atoms with Crippen molar-refractivity contribution in [2.75, 3.05) is 0 Å². The van der Waals surface area contributed by atoms with Crippen LogP contribution in [0.25, 0.3) is 0 Å². The van der Waals surface area contributed by atoms with Crippen molar-refractivity contribution < 1.29 is 30.8 Å². The zero-order valence-corrected chi connectivity index (χ0v) is 9.64. The molecule has 0 aromatic heterocycles. The molecule has 0 fully saturated rings. The maximum Gasteiger partial charge on any atom is 0.516 e. The summed E-state index contributed by atoms with van der Waals surface area (Å²) in [6.07, 6.45) is 0. The molecule has 102 valence electrons. The van der Waals surface area contributed by atoms with E-state index in [9.17, 15) is 30.8 Å². The monoisotopic (exact) mass is 296 g/mol. The number of amides is 1. The van der Waals surface area contributed by atoms with E-state index in [2.05, 4.69) is 0 Å². The van der Waals surface area contributed by atoms with Crippen LogP contribution in [-0.2, 0) is 10.0 Å². The number of rotatable bonds is 2. The van der Waals surface area contributed by atoms with Crippen LogP contribution in [-0.4, -0.2) is 19.8 Å². The van der Waals surface area contributed by atoms with Gasteiger partial charge in [0.1, 0.15) is 11.9 Å². The molecule has 0 atom stereocenters. The lowest BCUT2D eigenvalue weighted by molar-refractivity contribution is -0.0446. The zero-order valence-electron chi connectivity index (χ0n) is 8.82. The first-order valence-corrected chi connectivity index (χ1v) is 5.90. The van der Waals surface area contributed by atoms with Gasteiger partial charge in [0, 0.05) is 5.56 Å². The third-order valence-electron chi connectivity index (χ3n) is 1.88. The minimum Gasteiger partial charge on any atom is -0.268 e. The fraction of sp³-hybridized carbons (Fsp3) is 0.111. The lowest BCUT2D eigenvalue weighted by Crippen LogP contribution is -2.40. The highest BCUT2D eigenvalue weighted by atomic mass is 32.2. The predicted molar refractivity (Wildman–Crippen MR) is 53.6 cm³/mol. The van der Waals surface area contributed by atoms with Gasteiger partial charge in [0.2, 0.25) is 0 Å². The van der Waals surface area contributed by atoms with Gasteiger partial charge in [-0.2, -0.15) is 26.9 Å².